The van der Waals surface area contributed by atoms with Crippen LogP contribution in [0.2, 0.25) is 0 Å². The van der Waals surface area contributed by atoms with Gasteiger partial charge >= 0.3 is 0 Å². The number of para-hydroxylation sites is 1. The summed E-state index contributed by atoms with van der Waals surface area (Å²) >= 11 is 3.11. The molecule has 0 radical (unpaired) electrons. The average Bonchev–Trinajstić information content (AvgIpc) is 3.22. The first-order valence-electron chi connectivity index (χ1n) is 8.56. The van der Waals surface area contributed by atoms with Crippen LogP contribution in [0.4, 0.5) is 5.69 Å². The number of aromatic nitrogens is 2. The van der Waals surface area contributed by atoms with Crippen molar-refractivity contribution >= 4 is 44.9 Å². The quantitative estimate of drug-likeness (QED) is 0.731. The van der Waals surface area contributed by atoms with Gasteiger partial charge in [-0.25, -0.2) is 4.98 Å². The fraction of sp³-hybridized carbons (Fsp3) is 0.316. The third kappa shape index (κ3) is 3.29. The van der Waals surface area contributed by atoms with Gasteiger partial charge in [0.05, 0.1) is 16.9 Å². The average molecular weight is 386 g/mol. The predicted molar refractivity (Wildman–Crippen MR) is 108 cm³/mol. The van der Waals surface area contributed by atoms with E-state index in [-0.39, 0.29) is 11.5 Å². The minimum Gasteiger partial charge on any atom is -0.315 e. The molecule has 3 aromatic rings. The minimum atomic E-state index is -0.0438. The number of nitrogens with one attached hydrogen (secondary N) is 1. The molecule has 26 heavy (non-hydrogen) atoms. The molecule has 1 aromatic carbocycles. The van der Waals surface area contributed by atoms with Gasteiger partial charge in [0, 0.05) is 17.6 Å². The van der Waals surface area contributed by atoms with Gasteiger partial charge in [0.15, 0.2) is 0 Å². The van der Waals surface area contributed by atoms with Gasteiger partial charge in [-0.05, 0) is 37.0 Å². The maximum Gasteiger partial charge on any atom is 0.259 e. The Morgan fingerprint density at radius 3 is 2.92 bits per heavy atom. The molecule has 1 aliphatic carbocycles. The number of nitrogens with zero attached hydrogens (tertiary/aromatic N) is 2. The molecule has 1 amide bonds. The summed E-state index contributed by atoms with van der Waals surface area (Å²) in [7, 11) is 1.78. The fourth-order valence-electron chi connectivity index (χ4n) is 3.24. The first-order valence-corrected chi connectivity index (χ1v) is 10.5. The van der Waals surface area contributed by atoms with E-state index in [2.05, 4.69) is 9.97 Å². The number of carbonyl (C=O) groups excluding carboxylic acids is 1. The minimum absolute atomic E-state index is 0.0275. The van der Waals surface area contributed by atoms with E-state index in [9.17, 15) is 9.59 Å². The number of thioether (sulfide) groups is 1. The van der Waals surface area contributed by atoms with E-state index in [1.54, 1.807) is 23.3 Å². The Kier molecular flexibility index (Phi) is 4.82. The second kappa shape index (κ2) is 7.25. The Morgan fingerprint density at radius 1 is 1.31 bits per heavy atom. The predicted octanol–water partition coefficient (Wildman–Crippen LogP) is 3.37. The Balaban J connectivity index is 1.42. The number of fused-ring (bicyclic) bond motifs is 3. The van der Waals surface area contributed by atoms with Gasteiger partial charge in [0.25, 0.3) is 5.56 Å². The van der Waals surface area contributed by atoms with Gasteiger partial charge in [-0.15, -0.1) is 23.1 Å². The number of aromatic amines is 1. The Labute approximate surface area is 159 Å². The normalized spacial score (nSPS) is 13.1. The van der Waals surface area contributed by atoms with E-state index in [1.807, 2.05) is 30.3 Å². The van der Waals surface area contributed by atoms with Crippen LogP contribution >= 0.6 is 23.1 Å². The summed E-state index contributed by atoms with van der Waals surface area (Å²) in [5, 5.41) is 0.774. The summed E-state index contributed by atoms with van der Waals surface area (Å²) in [6, 6.07) is 9.56. The van der Waals surface area contributed by atoms with Crippen LogP contribution in [-0.2, 0) is 23.4 Å². The summed E-state index contributed by atoms with van der Waals surface area (Å²) in [5.41, 5.74) is 2.02. The molecule has 7 heteroatoms. The maximum absolute atomic E-state index is 12.4. The molecule has 0 bridgehead atoms. The number of thiophene rings is 1. The summed E-state index contributed by atoms with van der Waals surface area (Å²) in [4.78, 5) is 36.1. The van der Waals surface area contributed by atoms with Crippen LogP contribution in [0.5, 0.6) is 0 Å². The zero-order valence-corrected chi connectivity index (χ0v) is 16.1. The second-order valence-corrected chi connectivity index (χ2v) is 8.40. The Hall–Kier alpha value is -2.12. The van der Waals surface area contributed by atoms with Crippen LogP contribution in [0.15, 0.2) is 35.1 Å². The molecule has 2 aromatic heterocycles. The number of rotatable bonds is 5. The number of amides is 1. The molecule has 0 atom stereocenters. The number of anilines is 1. The van der Waals surface area contributed by atoms with Crippen molar-refractivity contribution in [2.24, 2.45) is 0 Å². The zero-order valence-electron chi connectivity index (χ0n) is 14.4. The van der Waals surface area contributed by atoms with Crippen molar-refractivity contribution in [3.63, 3.8) is 0 Å². The van der Waals surface area contributed by atoms with E-state index >= 15 is 0 Å². The summed E-state index contributed by atoms with van der Waals surface area (Å²) in [6.45, 7) is 0. The molecule has 134 valence electrons. The molecule has 1 N–H and O–H groups in total. The highest BCUT2D eigenvalue weighted by Gasteiger charge is 2.21. The number of aryl methyl sites for hydroxylation is 2. The second-order valence-electron chi connectivity index (χ2n) is 6.33. The number of hydrogen-bond donors (Lipinski definition) is 1. The molecule has 0 unspecified atom stereocenters. The highest BCUT2D eigenvalue weighted by Crippen LogP contribution is 2.34. The van der Waals surface area contributed by atoms with E-state index in [1.165, 1.54) is 22.2 Å². The largest absolute Gasteiger partial charge is 0.315 e. The molecule has 0 fully saturated rings. The number of hydrogen-bond acceptors (Lipinski definition) is 5. The van der Waals surface area contributed by atoms with Crippen molar-refractivity contribution < 1.29 is 4.79 Å². The monoisotopic (exact) mass is 385 g/mol. The van der Waals surface area contributed by atoms with Crippen LogP contribution in [0.1, 0.15) is 22.7 Å². The van der Waals surface area contributed by atoms with Crippen LogP contribution in [0, 0.1) is 0 Å². The van der Waals surface area contributed by atoms with Crippen molar-refractivity contribution in [3.05, 3.63) is 57.0 Å². The molecule has 2 heterocycles. The summed E-state index contributed by atoms with van der Waals surface area (Å²) < 4.78 is 0. The molecular formula is C19H19N3O2S2. The molecule has 0 spiro atoms. The highest BCUT2D eigenvalue weighted by molar-refractivity contribution is 7.99. The van der Waals surface area contributed by atoms with Gasteiger partial charge in [-0.2, -0.15) is 0 Å². The van der Waals surface area contributed by atoms with Gasteiger partial charge in [0.1, 0.15) is 10.7 Å². The number of benzene rings is 1. The van der Waals surface area contributed by atoms with Crippen LogP contribution < -0.4 is 10.5 Å². The van der Waals surface area contributed by atoms with Crippen molar-refractivity contribution in [1.82, 2.24) is 9.97 Å². The van der Waals surface area contributed by atoms with E-state index in [4.69, 9.17) is 0 Å². The van der Waals surface area contributed by atoms with Gasteiger partial charge < -0.3 is 9.88 Å². The third-order valence-electron chi connectivity index (χ3n) is 4.61. The maximum atomic E-state index is 12.4. The molecule has 0 saturated heterocycles. The topological polar surface area (TPSA) is 66.1 Å². The van der Waals surface area contributed by atoms with Gasteiger partial charge in [-0.3, -0.25) is 9.59 Å². The van der Waals surface area contributed by atoms with Crippen LogP contribution in [-0.4, -0.2) is 28.7 Å². The van der Waals surface area contributed by atoms with Crippen molar-refractivity contribution in [3.8, 4) is 0 Å². The van der Waals surface area contributed by atoms with E-state index in [0.717, 1.165) is 35.2 Å². The van der Waals surface area contributed by atoms with Crippen LogP contribution in [0.3, 0.4) is 0 Å². The fourth-order valence-corrected chi connectivity index (χ4v) is 5.32. The molecule has 0 saturated carbocycles. The molecule has 5 nitrogen and oxygen atoms in total. The smallest absolute Gasteiger partial charge is 0.259 e. The highest BCUT2D eigenvalue weighted by atomic mass is 32.2. The summed E-state index contributed by atoms with van der Waals surface area (Å²) in [6.07, 6.45) is 3.17. The first-order chi connectivity index (χ1) is 12.6. The lowest BCUT2D eigenvalue weighted by Gasteiger charge is -2.16. The molecule has 1 aliphatic rings. The molecule has 0 aliphatic heterocycles. The standard InChI is InChI=1S/C19H19N3O2S2/c1-22(12-6-3-2-4-7-12)16(23)11-25-10-15-20-18(24)17-13-8-5-9-14(13)26-19(17)21-15/h2-4,6-7H,5,8-11H2,1H3,(H,20,21,24). The Bertz CT molecular complexity index is 1010. The number of H-pyrrole nitrogens is 1. The van der Waals surface area contributed by atoms with Crippen molar-refractivity contribution in [2.45, 2.75) is 25.0 Å². The van der Waals surface area contributed by atoms with E-state index < -0.39 is 0 Å². The third-order valence-corrected chi connectivity index (χ3v) is 6.72. The lowest BCUT2D eigenvalue weighted by atomic mass is 10.2. The first kappa shape index (κ1) is 17.3. The van der Waals surface area contributed by atoms with Crippen molar-refractivity contribution in [1.29, 1.82) is 0 Å². The van der Waals surface area contributed by atoms with Gasteiger partial charge in [0.2, 0.25) is 5.91 Å². The van der Waals surface area contributed by atoms with E-state index in [0.29, 0.717) is 17.3 Å². The SMILES string of the molecule is CN(C(=O)CSCc1nc2sc3c(c2c(=O)[nH]1)CCC3)c1ccccc1. The lowest BCUT2D eigenvalue weighted by Crippen LogP contribution is -2.27. The molecular weight excluding hydrogens is 366 g/mol. The zero-order chi connectivity index (χ0) is 18.1. The van der Waals surface area contributed by atoms with Gasteiger partial charge in [-0.1, -0.05) is 18.2 Å². The number of carbonyl (C=O) groups is 1. The summed E-state index contributed by atoms with van der Waals surface area (Å²) in [5.74, 6) is 1.53. The molecule has 4 rings (SSSR count). The lowest BCUT2D eigenvalue weighted by molar-refractivity contribution is -0.115. The van der Waals surface area contributed by atoms with Crippen LogP contribution in [0.25, 0.3) is 10.2 Å². The Morgan fingerprint density at radius 2 is 2.12 bits per heavy atom. The van der Waals surface area contributed by atoms with Crippen molar-refractivity contribution in [2.75, 3.05) is 17.7 Å².